The maximum absolute atomic E-state index is 6.06. The van der Waals surface area contributed by atoms with Crippen molar-refractivity contribution >= 4 is 29.0 Å². The molecule has 0 amide bonds. The maximum atomic E-state index is 6.06. The molecule has 0 bridgehead atoms. The van der Waals surface area contributed by atoms with Gasteiger partial charge in [0.15, 0.2) is 5.96 Å². The lowest BCUT2D eigenvalue weighted by Crippen LogP contribution is -2.20. The predicted molar refractivity (Wildman–Crippen MR) is 28.3 cm³/mol. The lowest BCUT2D eigenvalue weighted by Gasteiger charge is -1.69. The Bertz CT molecular complexity index is 33.8. The first-order chi connectivity index (χ1) is 1.73. The summed E-state index contributed by atoms with van der Waals surface area (Å²) in [7, 11) is 0. The van der Waals surface area contributed by atoms with Gasteiger partial charge < -0.3 is 16.9 Å². The first kappa shape index (κ1) is 16.7. The van der Waals surface area contributed by atoms with Crippen LogP contribution >= 0.6 is 0 Å². The lowest BCUT2D eigenvalue weighted by atomic mass is 11.1. The summed E-state index contributed by atoms with van der Waals surface area (Å²) in [6.07, 6.45) is 0. The summed E-state index contributed by atoms with van der Waals surface area (Å²) in [6.45, 7) is 0. The molecule has 0 saturated heterocycles. The normalized spacial score (nSPS) is 4.00. The first-order valence-electron chi connectivity index (χ1n) is 0.827. The number of nitrogens with one attached hydrogen (secondary N) is 1. The van der Waals surface area contributed by atoms with Crippen molar-refractivity contribution in [2.75, 3.05) is 0 Å². The van der Waals surface area contributed by atoms with E-state index in [9.17, 15) is 0 Å². The fourth-order valence-corrected chi connectivity index (χ4v) is 0. The van der Waals surface area contributed by atoms with Crippen molar-refractivity contribution in [2.24, 2.45) is 11.5 Å². The van der Waals surface area contributed by atoms with Gasteiger partial charge in [0.25, 0.3) is 0 Å². The number of hydrogen-bond acceptors (Lipinski definition) is 1. The largest absolute Gasteiger partial charge is 0.412 e. The highest BCUT2D eigenvalue weighted by atomic mass is 24.3. The molecule has 0 radical (unpaired) electrons. The van der Waals surface area contributed by atoms with Gasteiger partial charge >= 0.3 is 23.1 Å². The van der Waals surface area contributed by atoms with E-state index in [4.69, 9.17) is 5.41 Å². The smallest absolute Gasteiger partial charge is 0.316 e. The Morgan fingerprint density at radius 1 is 1.33 bits per heavy atom. The summed E-state index contributed by atoms with van der Waals surface area (Å²) < 4.78 is 0. The fraction of sp³-hybridized carbons (Fsp3) is 0. The Kier molecular flexibility index (Phi) is 24.7. The molecule has 6 heavy (non-hydrogen) atoms. The minimum atomic E-state index is -0.333. The van der Waals surface area contributed by atoms with Crippen LogP contribution in [0.15, 0.2) is 0 Å². The molecule has 0 unspecified atom stereocenters. The molecule has 0 atom stereocenters. The summed E-state index contributed by atoms with van der Waals surface area (Å²) >= 11 is 0. The topological polar surface area (TPSA) is 107 Å². The third-order valence-corrected chi connectivity index (χ3v) is 0. The van der Waals surface area contributed by atoms with E-state index in [0.29, 0.717) is 0 Å². The number of guanidine groups is 1. The zero-order valence-electron chi connectivity index (χ0n) is 2.65. The molecule has 4 nitrogen and oxygen atoms in total. The zero-order chi connectivity index (χ0) is 3.58. The highest BCUT2D eigenvalue weighted by Crippen LogP contribution is 1.13. The average Bonchev–Trinajstić information content (AvgIpc) is 0.811. The first-order valence-corrected chi connectivity index (χ1v) is 0.827. The number of rotatable bonds is 0. The molecule has 0 aromatic carbocycles. The van der Waals surface area contributed by atoms with Gasteiger partial charge in [-0.15, -0.1) is 0 Å². The number of nitrogens with two attached hydrogens (primary N) is 2. The SMILES string of the molecule is N=C(N)N.O.[MgH2]. The van der Waals surface area contributed by atoms with Crippen LogP contribution in [0.25, 0.3) is 0 Å². The standard InChI is InChI=1S/CH5N3.Mg.H2O.2H/c2-1(3)4;;;;/h(H5,2,3,4);;1H2;;. The molecule has 0 aliphatic rings. The zero-order valence-corrected chi connectivity index (χ0v) is 2.65. The second-order valence-electron chi connectivity index (χ2n) is 0.455. The second-order valence-corrected chi connectivity index (χ2v) is 0.455. The summed E-state index contributed by atoms with van der Waals surface area (Å²) in [5, 5.41) is 6.06. The summed E-state index contributed by atoms with van der Waals surface area (Å²) in [5.74, 6) is -0.333. The van der Waals surface area contributed by atoms with Crippen LogP contribution in [0.5, 0.6) is 0 Å². The van der Waals surface area contributed by atoms with E-state index >= 15 is 0 Å². The van der Waals surface area contributed by atoms with Gasteiger partial charge in [-0.05, 0) is 0 Å². The Morgan fingerprint density at radius 2 is 1.33 bits per heavy atom. The van der Waals surface area contributed by atoms with Crippen LogP contribution in [0.3, 0.4) is 0 Å². The Morgan fingerprint density at radius 3 is 1.33 bits per heavy atom. The molecule has 7 N–H and O–H groups in total. The molecule has 0 aliphatic carbocycles. The molecule has 0 heterocycles. The van der Waals surface area contributed by atoms with Crippen molar-refractivity contribution in [2.45, 2.75) is 0 Å². The van der Waals surface area contributed by atoms with E-state index in [0.717, 1.165) is 0 Å². The van der Waals surface area contributed by atoms with Crippen LogP contribution in [0.1, 0.15) is 0 Å². The maximum Gasteiger partial charge on any atom is 0.316 e. The minimum absolute atomic E-state index is 0. The Hall–Kier alpha value is -0.00377. The van der Waals surface area contributed by atoms with Crippen LogP contribution in [0.4, 0.5) is 0 Å². The summed E-state index contributed by atoms with van der Waals surface area (Å²) in [5.41, 5.74) is 8.94. The molecule has 0 aliphatic heterocycles. The molecule has 5 heteroatoms. The van der Waals surface area contributed by atoms with Crippen LogP contribution in [0, 0.1) is 5.41 Å². The van der Waals surface area contributed by atoms with E-state index in [-0.39, 0.29) is 34.5 Å². The van der Waals surface area contributed by atoms with E-state index in [1.54, 1.807) is 0 Å². The van der Waals surface area contributed by atoms with E-state index in [1.807, 2.05) is 0 Å². The second kappa shape index (κ2) is 8.89. The van der Waals surface area contributed by atoms with E-state index < -0.39 is 0 Å². The quantitative estimate of drug-likeness (QED) is 0.174. The van der Waals surface area contributed by atoms with Gasteiger partial charge in [-0.3, -0.25) is 5.41 Å². The van der Waals surface area contributed by atoms with Crippen molar-refractivity contribution in [1.82, 2.24) is 0 Å². The van der Waals surface area contributed by atoms with Crippen LogP contribution in [-0.4, -0.2) is 34.5 Å². The van der Waals surface area contributed by atoms with Gasteiger partial charge in [-0.1, -0.05) is 0 Å². The third-order valence-electron chi connectivity index (χ3n) is 0. The van der Waals surface area contributed by atoms with Crippen LogP contribution in [0.2, 0.25) is 0 Å². The molecule has 0 saturated carbocycles. The summed E-state index contributed by atoms with van der Waals surface area (Å²) in [4.78, 5) is 0. The number of hydrogen-bond donors (Lipinski definition) is 3. The third kappa shape index (κ3) is 2530000. The molecule has 0 aromatic rings. The highest BCUT2D eigenvalue weighted by molar-refractivity contribution is 5.75. The Balaban J connectivity index is -0.0000000450. The van der Waals surface area contributed by atoms with Gasteiger partial charge in [0.2, 0.25) is 0 Å². The van der Waals surface area contributed by atoms with Crippen LogP contribution < -0.4 is 11.5 Å². The van der Waals surface area contributed by atoms with Crippen molar-refractivity contribution in [3.05, 3.63) is 0 Å². The fourth-order valence-electron chi connectivity index (χ4n) is 0. The highest BCUT2D eigenvalue weighted by Gasteiger charge is 1.52. The summed E-state index contributed by atoms with van der Waals surface area (Å²) in [6, 6.07) is 0. The van der Waals surface area contributed by atoms with Crippen molar-refractivity contribution < 1.29 is 5.48 Å². The molecule has 0 aromatic heterocycles. The van der Waals surface area contributed by atoms with Gasteiger partial charge in [0.05, 0.1) is 0 Å². The van der Waals surface area contributed by atoms with Crippen molar-refractivity contribution in [3.8, 4) is 0 Å². The van der Waals surface area contributed by atoms with E-state index in [2.05, 4.69) is 11.5 Å². The van der Waals surface area contributed by atoms with Crippen LogP contribution in [-0.2, 0) is 0 Å². The average molecular weight is 103 g/mol. The van der Waals surface area contributed by atoms with Gasteiger partial charge in [-0.25, -0.2) is 0 Å². The van der Waals surface area contributed by atoms with Gasteiger partial charge in [0, 0.05) is 0 Å². The minimum Gasteiger partial charge on any atom is -0.412 e. The molecule has 36 valence electrons. The molecule has 0 rings (SSSR count). The van der Waals surface area contributed by atoms with E-state index in [1.165, 1.54) is 0 Å². The molecule has 0 spiro atoms. The van der Waals surface area contributed by atoms with Crippen molar-refractivity contribution in [1.29, 1.82) is 5.41 Å². The van der Waals surface area contributed by atoms with Gasteiger partial charge in [-0.2, -0.15) is 0 Å². The molecular formula is CH9MgN3O. The molecule has 0 fully saturated rings. The van der Waals surface area contributed by atoms with Gasteiger partial charge in [0.1, 0.15) is 0 Å². The lowest BCUT2D eigenvalue weighted by molar-refractivity contribution is 0.824. The molecular weight excluding hydrogens is 94.3 g/mol. The van der Waals surface area contributed by atoms with Crippen molar-refractivity contribution in [3.63, 3.8) is 0 Å². The monoisotopic (exact) mass is 103 g/mol. The predicted octanol–water partition coefficient (Wildman–Crippen LogP) is -2.90. The Labute approximate surface area is 51.9 Å².